The van der Waals surface area contributed by atoms with Crippen LogP contribution in [0.1, 0.15) is 0 Å². The van der Waals surface area contributed by atoms with Crippen LogP contribution in [0.4, 0.5) is 0 Å². The van der Waals surface area contributed by atoms with Gasteiger partial charge >= 0.3 is 5.77 Å². The summed E-state index contributed by atoms with van der Waals surface area (Å²) in [7, 11) is 0. The summed E-state index contributed by atoms with van der Waals surface area (Å²) < 4.78 is 16.7. The van der Waals surface area contributed by atoms with E-state index in [4.69, 9.17) is 10.9 Å². The number of rotatable bonds is 1. The first-order valence-electron chi connectivity index (χ1n) is 3.11. The lowest BCUT2D eigenvalue weighted by Crippen LogP contribution is -2.12. The summed E-state index contributed by atoms with van der Waals surface area (Å²) in [6.45, 7) is 0.446. The Balaban J connectivity index is 2.49. The first-order valence-corrected chi connectivity index (χ1v) is 8.16. The van der Waals surface area contributed by atoms with Crippen molar-refractivity contribution in [3.05, 3.63) is 0 Å². The monoisotopic (exact) mass is 208 g/mol. The minimum atomic E-state index is -2.41. The van der Waals surface area contributed by atoms with Gasteiger partial charge in [-0.05, 0) is 6.26 Å². The van der Waals surface area contributed by atoms with Crippen molar-refractivity contribution in [1.29, 1.82) is 0 Å². The van der Waals surface area contributed by atoms with E-state index in [0.717, 1.165) is 5.75 Å². The summed E-state index contributed by atoms with van der Waals surface area (Å²) in [5, 5.41) is 0. The molecule has 62 valence electrons. The summed E-state index contributed by atoms with van der Waals surface area (Å²) >= 11 is 2.64. The molecule has 0 N–H and O–H groups in total. The van der Waals surface area contributed by atoms with Gasteiger partial charge in [0.05, 0.1) is 12.5 Å². The lowest BCUT2D eigenvalue weighted by atomic mass is 10.2. The molecular weight excluding hydrogens is 199 g/mol. The maximum atomic E-state index is 11.5. The Morgan fingerprint density at radius 3 is 3.00 bits per heavy atom. The zero-order valence-electron chi connectivity index (χ0n) is 6.15. The standard InChI is InChI=1S/C6H9O2PS2/c1-3-6-4-8-9(7,10-2)11-5-6/h1,6H,4-5H2,2H3. The minimum absolute atomic E-state index is 0.134. The third-order valence-electron chi connectivity index (χ3n) is 1.33. The van der Waals surface area contributed by atoms with Gasteiger partial charge in [-0.2, -0.15) is 0 Å². The van der Waals surface area contributed by atoms with Crippen molar-refractivity contribution in [1.82, 2.24) is 0 Å². The highest BCUT2D eigenvalue weighted by Gasteiger charge is 2.30. The van der Waals surface area contributed by atoms with E-state index in [1.807, 2.05) is 0 Å². The molecule has 0 spiro atoms. The Hall–Kier alpha value is 0.450. The van der Waals surface area contributed by atoms with Gasteiger partial charge in [0, 0.05) is 5.75 Å². The molecule has 0 aliphatic carbocycles. The van der Waals surface area contributed by atoms with Crippen molar-refractivity contribution in [2.24, 2.45) is 5.92 Å². The molecule has 1 aliphatic heterocycles. The number of hydrogen-bond acceptors (Lipinski definition) is 4. The zero-order chi connectivity index (χ0) is 8.32. The van der Waals surface area contributed by atoms with E-state index < -0.39 is 5.77 Å². The van der Waals surface area contributed by atoms with E-state index in [-0.39, 0.29) is 5.92 Å². The second kappa shape index (κ2) is 3.91. The molecule has 0 amide bonds. The van der Waals surface area contributed by atoms with Gasteiger partial charge in [0.25, 0.3) is 0 Å². The molecule has 0 bridgehead atoms. The largest absolute Gasteiger partial charge is 0.313 e. The Morgan fingerprint density at radius 2 is 2.64 bits per heavy atom. The van der Waals surface area contributed by atoms with Crippen LogP contribution >= 0.6 is 28.5 Å². The van der Waals surface area contributed by atoms with Gasteiger partial charge in [-0.3, -0.25) is 4.57 Å². The normalized spacial score (nSPS) is 38.0. The molecule has 5 heteroatoms. The molecule has 0 radical (unpaired) electrons. The second-order valence-electron chi connectivity index (χ2n) is 2.08. The fraction of sp³-hybridized carbons (Fsp3) is 0.667. The van der Waals surface area contributed by atoms with Crippen LogP contribution in [0.5, 0.6) is 0 Å². The number of hydrogen-bond donors (Lipinski definition) is 0. The summed E-state index contributed by atoms with van der Waals surface area (Å²) in [4.78, 5) is 0. The highest BCUT2D eigenvalue weighted by atomic mass is 33.1. The van der Waals surface area contributed by atoms with Gasteiger partial charge < -0.3 is 4.52 Å². The van der Waals surface area contributed by atoms with Crippen LogP contribution in [0.25, 0.3) is 0 Å². The van der Waals surface area contributed by atoms with Crippen molar-refractivity contribution in [3.63, 3.8) is 0 Å². The van der Waals surface area contributed by atoms with E-state index in [9.17, 15) is 4.57 Å². The van der Waals surface area contributed by atoms with E-state index in [1.165, 1.54) is 22.8 Å². The van der Waals surface area contributed by atoms with Gasteiger partial charge in [0.1, 0.15) is 0 Å². The van der Waals surface area contributed by atoms with Gasteiger partial charge in [0.15, 0.2) is 0 Å². The van der Waals surface area contributed by atoms with E-state index in [0.29, 0.717) is 6.61 Å². The molecule has 1 saturated heterocycles. The first kappa shape index (κ1) is 9.54. The highest BCUT2D eigenvalue weighted by molar-refractivity contribution is 8.89. The third-order valence-corrected chi connectivity index (χ3v) is 8.77. The van der Waals surface area contributed by atoms with Gasteiger partial charge in [-0.25, -0.2) is 0 Å². The molecule has 1 heterocycles. The van der Waals surface area contributed by atoms with Gasteiger partial charge in [-0.1, -0.05) is 22.8 Å². The fourth-order valence-electron chi connectivity index (χ4n) is 0.650. The Labute approximate surface area is 74.8 Å². The van der Waals surface area contributed by atoms with E-state index in [2.05, 4.69) is 5.92 Å². The number of terminal acetylenes is 1. The zero-order valence-corrected chi connectivity index (χ0v) is 8.68. The van der Waals surface area contributed by atoms with E-state index >= 15 is 0 Å². The van der Waals surface area contributed by atoms with Crippen molar-refractivity contribution < 1.29 is 9.09 Å². The molecule has 1 rings (SSSR count). The van der Waals surface area contributed by atoms with Crippen LogP contribution < -0.4 is 0 Å². The molecule has 0 saturated carbocycles. The molecule has 11 heavy (non-hydrogen) atoms. The van der Waals surface area contributed by atoms with Crippen molar-refractivity contribution in [2.45, 2.75) is 0 Å². The fourth-order valence-corrected chi connectivity index (χ4v) is 5.66. The molecule has 2 atom stereocenters. The van der Waals surface area contributed by atoms with Crippen molar-refractivity contribution in [2.75, 3.05) is 18.6 Å². The third kappa shape index (κ3) is 2.45. The van der Waals surface area contributed by atoms with Crippen LogP contribution in [0.3, 0.4) is 0 Å². The molecular formula is C6H9O2PS2. The molecule has 1 aliphatic rings. The molecule has 2 unspecified atom stereocenters. The molecule has 0 aromatic heterocycles. The predicted octanol–water partition coefficient (Wildman–Crippen LogP) is 2.47. The summed E-state index contributed by atoms with van der Waals surface area (Å²) in [5.41, 5.74) is 0. The molecule has 0 aromatic carbocycles. The molecule has 1 fully saturated rings. The lowest BCUT2D eigenvalue weighted by molar-refractivity contribution is 0.303. The topological polar surface area (TPSA) is 26.3 Å². The minimum Gasteiger partial charge on any atom is -0.312 e. The average molecular weight is 208 g/mol. The smallest absolute Gasteiger partial charge is 0.312 e. The lowest BCUT2D eigenvalue weighted by Gasteiger charge is -2.23. The summed E-state index contributed by atoms with van der Waals surface area (Å²) in [6, 6.07) is 0. The highest BCUT2D eigenvalue weighted by Crippen LogP contribution is 2.70. The van der Waals surface area contributed by atoms with Crippen molar-refractivity contribution >= 4 is 28.5 Å². The van der Waals surface area contributed by atoms with Crippen LogP contribution in [-0.4, -0.2) is 18.6 Å². The summed E-state index contributed by atoms with van der Waals surface area (Å²) in [6.07, 6.45) is 6.99. The van der Waals surface area contributed by atoms with Crippen LogP contribution in [-0.2, 0) is 9.09 Å². The maximum absolute atomic E-state index is 11.5. The molecule has 2 nitrogen and oxygen atoms in total. The SMILES string of the molecule is C#CC1COP(=O)(SC)SC1. The van der Waals surface area contributed by atoms with Gasteiger partial charge in [0.2, 0.25) is 0 Å². The Kier molecular flexibility index (Phi) is 3.39. The van der Waals surface area contributed by atoms with Crippen molar-refractivity contribution in [3.8, 4) is 12.3 Å². The molecule has 0 aromatic rings. The quantitative estimate of drug-likeness (QED) is 0.488. The Morgan fingerprint density at radius 1 is 1.91 bits per heavy atom. The summed E-state index contributed by atoms with van der Waals surface area (Å²) in [5.74, 6) is 1.07. The average Bonchev–Trinajstić information content (AvgIpc) is 2.06. The van der Waals surface area contributed by atoms with Gasteiger partial charge in [-0.15, -0.1) is 12.3 Å². The van der Waals surface area contributed by atoms with Crippen LogP contribution in [0, 0.1) is 18.3 Å². The second-order valence-corrected chi connectivity index (χ2v) is 9.64. The van der Waals surface area contributed by atoms with E-state index in [1.54, 1.807) is 6.26 Å². The first-order chi connectivity index (χ1) is 5.20. The van der Waals surface area contributed by atoms with Crippen LogP contribution in [0.2, 0.25) is 0 Å². The maximum Gasteiger partial charge on any atom is 0.313 e. The predicted molar refractivity (Wildman–Crippen MR) is 51.9 cm³/mol. The van der Waals surface area contributed by atoms with Crippen LogP contribution in [0.15, 0.2) is 0 Å². The Bertz CT molecular complexity index is 211.